The maximum Gasteiger partial charge on any atom is 0.331 e. The van der Waals surface area contributed by atoms with Crippen molar-refractivity contribution in [1.82, 2.24) is 0 Å². The lowest BCUT2D eigenvalue weighted by molar-refractivity contribution is -0.146. The number of aliphatic hydroxyl groups is 1. The van der Waals surface area contributed by atoms with Crippen LogP contribution in [-0.2, 0) is 19.1 Å². The molecule has 0 atom stereocenters. The average molecular weight is 235 g/mol. The van der Waals surface area contributed by atoms with Crippen LogP contribution in [-0.4, -0.2) is 44.4 Å². The highest BCUT2D eigenvalue weighted by atomic mass is 16.5. The molecular formula is C10H21NO5. The Kier molecular flexibility index (Phi) is 20.1. The van der Waals surface area contributed by atoms with E-state index in [1.807, 2.05) is 0 Å². The van der Waals surface area contributed by atoms with Crippen molar-refractivity contribution in [3.63, 3.8) is 0 Å². The molecule has 0 unspecified atom stereocenters. The number of primary amides is 1. The van der Waals surface area contributed by atoms with Gasteiger partial charge in [-0.15, -0.1) is 0 Å². The molecule has 0 saturated heterocycles. The third-order valence-electron chi connectivity index (χ3n) is 0.855. The summed E-state index contributed by atoms with van der Waals surface area (Å²) in [6.45, 7) is 6.35. The Morgan fingerprint density at radius 2 is 1.69 bits per heavy atom. The van der Waals surface area contributed by atoms with Crippen LogP contribution in [0.5, 0.6) is 0 Å². The topological polar surface area (TPSA) is 98.9 Å². The molecule has 0 aliphatic carbocycles. The van der Waals surface area contributed by atoms with Gasteiger partial charge in [0.1, 0.15) is 6.61 Å². The maximum atomic E-state index is 9.94. The van der Waals surface area contributed by atoms with Crippen molar-refractivity contribution in [3.8, 4) is 0 Å². The third-order valence-corrected chi connectivity index (χ3v) is 0.855. The Labute approximate surface area is 96.0 Å². The van der Waals surface area contributed by atoms with Crippen LogP contribution in [0.3, 0.4) is 0 Å². The number of amides is 1. The van der Waals surface area contributed by atoms with Crippen LogP contribution in [0, 0.1) is 0 Å². The van der Waals surface area contributed by atoms with Gasteiger partial charge in [-0.2, -0.15) is 0 Å². The summed E-state index contributed by atoms with van der Waals surface area (Å²) in [4.78, 5) is 19.8. The summed E-state index contributed by atoms with van der Waals surface area (Å²) in [6.07, 6.45) is 0. The first-order chi connectivity index (χ1) is 7.37. The van der Waals surface area contributed by atoms with E-state index in [1.165, 1.54) is 0 Å². The number of hydrogen-bond donors (Lipinski definition) is 2. The largest absolute Gasteiger partial charge is 0.464 e. The zero-order chi connectivity index (χ0) is 13.6. The van der Waals surface area contributed by atoms with Crippen molar-refractivity contribution in [2.45, 2.75) is 13.8 Å². The highest BCUT2D eigenvalue weighted by molar-refractivity contribution is 5.90. The molecule has 0 aliphatic rings. The minimum atomic E-state index is -0.567. The van der Waals surface area contributed by atoms with Crippen LogP contribution in [0.25, 0.3) is 0 Å². The predicted molar refractivity (Wildman–Crippen MR) is 60.7 cm³/mol. The van der Waals surface area contributed by atoms with Crippen molar-refractivity contribution < 1.29 is 24.2 Å². The van der Waals surface area contributed by atoms with Gasteiger partial charge in [-0.3, -0.25) is 4.79 Å². The highest BCUT2D eigenvalue weighted by Gasteiger charge is 1.92. The highest BCUT2D eigenvalue weighted by Crippen LogP contribution is 1.78. The van der Waals surface area contributed by atoms with E-state index in [0.717, 1.165) is 0 Å². The molecule has 1 amide bonds. The normalized spacial score (nSPS) is 7.56. The van der Waals surface area contributed by atoms with Gasteiger partial charge in [0.25, 0.3) is 0 Å². The number of hydrogen-bond acceptors (Lipinski definition) is 5. The zero-order valence-electron chi connectivity index (χ0n) is 10.3. The van der Waals surface area contributed by atoms with Crippen molar-refractivity contribution >= 4 is 11.9 Å². The van der Waals surface area contributed by atoms with Crippen LogP contribution in [0.4, 0.5) is 0 Å². The van der Waals surface area contributed by atoms with Gasteiger partial charge >= 0.3 is 5.97 Å². The fraction of sp³-hybridized carbons (Fsp3) is 0.600. The van der Waals surface area contributed by atoms with Gasteiger partial charge in [-0.05, 0) is 13.8 Å². The summed E-state index contributed by atoms with van der Waals surface area (Å²) in [5.74, 6) is -1.00. The summed E-state index contributed by atoms with van der Waals surface area (Å²) in [7, 11) is 3.25. The third kappa shape index (κ3) is 29.4. The lowest BCUT2D eigenvalue weighted by atomic mass is 10.3. The lowest BCUT2D eigenvalue weighted by Gasteiger charge is -1.93. The Balaban J connectivity index is -0.000000172. The van der Waals surface area contributed by atoms with Gasteiger partial charge < -0.3 is 20.3 Å². The minimum Gasteiger partial charge on any atom is -0.464 e. The predicted octanol–water partition coefficient (Wildman–Crippen LogP) is -0.148. The molecule has 3 N–H and O–H groups in total. The lowest BCUT2D eigenvalue weighted by Crippen LogP contribution is -2.10. The molecule has 6 nitrogen and oxygen atoms in total. The number of ether oxygens (including phenoxy) is 2. The molecule has 0 aliphatic heterocycles. The number of rotatable bonds is 3. The zero-order valence-corrected chi connectivity index (χ0v) is 10.3. The van der Waals surface area contributed by atoms with E-state index >= 15 is 0 Å². The van der Waals surface area contributed by atoms with E-state index in [2.05, 4.69) is 16.1 Å². The van der Waals surface area contributed by atoms with Crippen LogP contribution < -0.4 is 5.73 Å². The van der Waals surface area contributed by atoms with Crippen LogP contribution in [0.15, 0.2) is 12.2 Å². The fourth-order valence-electron chi connectivity index (χ4n) is 0.207. The van der Waals surface area contributed by atoms with Crippen LogP contribution in [0.2, 0.25) is 0 Å². The second kappa shape index (κ2) is 16.0. The summed E-state index contributed by atoms with van der Waals surface area (Å²) in [5, 5.41) is 7.99. The summed E-state index contributed by atoms with van der Waals surface area (Å²) in [5.41, 5.74) is 5.09. The smallest absolute Gasteiger partial charge is 0.331 e. The second-order valence-electron chi connectivity index (χ2n) is 2.52. The van der Waals surface area contributed by atoms with Crippen LogP contribution >= 0.6 is 0 Å². The molecular weight excluding hydrogens is 214 g/mol. The summed E-state index contributed by atoms with van der Waals surface area (Å²) in [6, 6.07) is 0. The van der Waals surface area contributed by atoms with Gasteiger partial charge in [0.15, 0.2) is 0 Å². The number of nitrogens with two attached hydrogens (primary N) is 1. The number of carbonyl (C=O) groups excluding carboxylic acids is 2. The first-order valence-electron chi connectivity index (χ1n) is 4.49. The molecule has 16 heavy (non-hydrogen) atoms. The van der Waals surface area contributed by atoms with Crippen molar-refractivity contribution in [2.75, 3.05) is 27.4 Å². The van der Waals surface area contributed by atoms with Crippen molar-refractivity contribution in [1.29, 1.82) is 0 Å². The van der Waals surface area contributed by atoms with Crippen LogP contribution in [0.1, 0.15) is 13.8 Å². The monoisotopic (exact) mass is 235 g/mol. The molecule has 0 aromatic carbocycles. The molecule has 0 heterocycles. The Hall–Kier alpha value is -1.40. The molecule has 0 rings (SSSR count). The Morgan fingerprint density at radius 3 is 1.75 bits per heavy atom. The summed E-state index contributed by atoms with van der Waals surface area (Å²) >= 11 is 0. The first kappa shape index (κ1) is 20.1. The van der Waals surface area contributed by atoms with Gasteiger partial charge in [-0.25, -0.2) is 4.79 Å². The van der Waals surface area contributed by atoms with Gasteiger partial charge in [0.05, 0.1) is 6.61 Å². The Morgan fingerprint density at radius 1 is 1.38 bits per heavy atom. The molecule has 0 radical (unpaired) electrons. The molecule has 0 bridgehead atoms. The van der Waals surface area contributed by atoms with Gasteiger partial charge in [0, 0.05) is 19.8 Å². The van der Waals surface area contributed by atoms with E-state index in [4.69, 9.17) is 10.8 Å². The molecule has 0 saturated carbocycles. The Bertz CT molecular complexity index is 191. The quantitative estimate of drug-likeness (QED) is 0.523. The van der Waals surface area contributed by atoms with Gasteiger partial charge in [0.2, 0.25) is 5.91 Å². The minimum absolute atomic E-state index is 0.333. The van der Waals surface area contributed by atoms with E-state index in [1.54, 1.807) is 28.1 Å². The second-order valence-corrected chi connectivity index (χ2v) is 2.52. The standard InChI is InChI=1S/C4H7NO.C4H8O3.C2H6O/c1-3(2)4(5)6;1-2-7-4(6)3-5;1-3-2/h1H2,2H3,(H2,5,6);5H,2-3H2,1H3;1-2H3. The van der Waals surface area contributed by atoms with E-state index in [0.29, 0.717) is 12.2 Å². The number of carbonyl (C=O) groups is 2. The molecule has 96 valence electrons. The molecule has 0 fully saturated rings. The first-order valence-corrected chi connectivity index (χ1v) is 4.49. The number of methoxy groups -OCH3 is 1. The van der Waals surface area contributed by atoms with E-state index in [9.17, 15) is 9.59 Å². The van der Waals surface area contributed by atoms with Crippen molar-refractivity contribution in [3.05, 3.63) is 12.2 Å². The number of aliphatic hydroxyl groups excluding tert-OH is 1. The number of esters is 1. The van der Waals surface area contributed by atoms with E-state index in [-0.39, 0.29) is 0 Å². The molecule has 0 spiro atoms. The molecule has 6 heteroatoms. The maximum absolute atomic E-state index is 9.94. The van der Waals surface area contributed by atoms with E-state index < -0.39 is 18.5 Å². The van der Waals surface area contributed by atoms with Gasteiger partial charge in [-0.1, -0.05) is 6.58 Å². The van der Waals surface area contributed by atoms with Crippen molar-refractivity contribution in [2.24, 2.45) is 5.73 Å². The average Bonchev–Trinajstić information content (AvgIpc) is 2.20. The summed E-state index contributed by atoms with van der Waals surface area (Å²) < 4.78 is 8.55. The molecule has 0 aromatic rings. The SMILES string of the molecule is C=C(C)C(N)=O.CCOC(=O)CO.COC. The molecule has 0 aromatic heterocycles. The fourth-order valence-corrected chi connectivity index (χ4v) is 0.207.